The van der Waals surface area contributed by atoms with E-state index < -0.39 is 35.7 Å². The number of benzene rings is 1. The topological polar surface area (TPSA) is 84.9 Å². The number of esters is 1. The number of carbonyl (C=O) groups is 3. The molecule has 7 nitrogen and oxygen atoms in total. The first-order chi connectivity index (χ1) is 11.6. The number of amides is 2. The molecule has 0 fully saturated rings. The molecule has 0 radical (unpaired) electrons. The molecule has 0 aromatic heterocycles. The monoisotopic (exact) mass is 348 g/mol. The molecule has 1 aromatic rings. The Hall–Kier alpha value is -2.57. The summed E-state index contributed by atoms with van der Waals surface area (Å²) in [6.07, 6.45) is -0.302. The molecule has 7 heteroatoms. The van der Waals surface area contributed by atoms with Gasteiger partial charge in [-0.05, 0) is 39.3 Å². The molecule has 1 aliphatic heterocycles. The first-order valence-corrected chi connectivity index (χ1v) is 8.12. The fourth-order valence-electron chi connectivity index (χ4n) is 2.74. The van der Waals surface area contributed by atoms with E-state index in [0.29, 0.717) is 12.1 Å². The third kappa shape index (κ3) is 4.29. The summed E-state index contributed by atoms with van der Waals surface area (Å²) in [5, 5.41) is 2.52. The Morgan fingerprint density at radius 3 is 2.48 bits per heavy atom. The van der Waals surface area contributed by atoms with Crippen LogP contribution >= 0.6 is 0 Å². The number of nitrogens with zero attached hydrogens (tertiary/aromatic N) is 1. The molecule has 136 valence electrons. The minimum atomic E-state index is -0.854. The summed E-state index contributed by atoms with van der Waals surface area (Å²) in [7, 11) is 1.29. The highest BCUT2D eigenvalue weighted by atomic mass is 16.6. The van der Waals surface area contributed by atoms with Gasteiger partial charge in [-0.2, -0.15) is 0 Å². The molecule has 25 heavy (non-hydrogen) atoms. The summed E-state index contributed by atoms with van der Waals surface area (Å²) in [6.45, 7) is 6.77. The van der Waals surface area contributed by atoms with Crippen LogP contribution in [0.2, 0.25) is 0 Å². The summed E-state index contributed by atoms with van der Waals surface area (Å²) < 4.78 is 10.0. The minimum Gasteiger partial charge on any atom is -0.467 e. The van der Waals surface area contributed by atoms with Crippen LogP contribution in [0.25, 0.3) is 0 Å². The lowest BCUT2D eigenvalue weighted by Crippen LogP contribution is -2.52. The van der Waals surface area contributed by atoms with Crippen molar-refractivity contribution in [2.45, 2.75) is 51.8 Å². The smallest absolute Gasteiger partial charge is 0.408 e. The lowest BCUT2D eigenvalue weighted by Gasteiger charge is -2.27. The number of anilines is 1. The van der Waals surface area contributed by atoms with Crippen LogP contribution in [0.4, 0.5) is 10.5 Å². The molecule has 2 unspecified atom stereocenters. The Balaban J connectivity index is 2.19. The van der Waals surface area contributed by atoms with Crippen molar-refractivity contribution in [1.82, 2.24) is 5.32 Å². The lowest BCUT2D eigenvalue weighted by molar-refractivity contribution is -0.143. The van der Waals surface area contributed by atoms with Gasteiger partial charge in [0.15, 0.2) is 0 Å². The number of hydrogen-bond donors (Lipinski definition) is 1. The van der Waals surface area contributed by atoms with Crippen LogP contribution < -0.4 is 10.2 Å². The quantitative estimate of drug-likeness (QED) is 0.845. The highest BCUT2D eigenvalue weighted by Gasteiger charge is 2.40. The highest BCUT2D eigenvalue weighted by Crippen LogP contribution is 2.33. The fraction of sp³-hybridized carbons (Fsp3) is 0.500. The molecule has 1 aliphatic rings. The fourth-order valence-corrected chi connectivity index (χ4v) is 2.74. The zero-order valence-electron chi connectivity index (χ0n) is 15.2. The lowest BCUT2D eigenvalue weighted by atomic mass is 10.1. The van der Waals surface area contributed by atoms with Crippen molar-refractivity contribution in [1.29, 1.82) is 0 Å². The third-order valence-corrected chi connectivity index (χ3v) is 3.79. The number of ether oxygens (including phenoxy) is 2. The average molecular weight is 348 g/mol. The van der Waals surface area contributed by atoms with Crippen LogP contribution in [0.1, 0.15) is 33.3 Å². The molecule has 0 spiro atoms. The van der Waals surface area contributed by atoms with E-state index in [9.17, 15) is 14.4 Å². The van der Waals surface area contributed by atoms with Gasteiger partial charge in [-0.25, -0.2) is 9.59 Å². The Bertz CT molecular complexity index is 680. The summed E-state index contributed by atoms with van der Waals surface area (Å²) in [4.78, 5) is 38.3. The first-order valence-electron chi connectivity index (χ1n) is 8.12. The van der Waals surface area contributed by atoms with Crippen molar-refractivity contribution >= 4 is 23.7 Å². The SMILES string of the molecule is COC(=O)C1Cc2ccccc2N1C(=O)C(C)NC(=O)OC(C)(C)C. The molecule has 0 saturated heterocycles. The van der Waals surface area contributed by atoms with Gasteiger partial charge in [0, 0.05) is 12.1 Å². The highest BCUT2D eigenvalue weighted by molar-refractivity contribution is 6.05. The standard InChI is InChI=1S/C18H24N2O5/c1-11(19-17(23)25-18(2,3)4)15(21)20-13-9-7-6-8-12(13)10-14(20)16(22)24-5/h6-9,11,14H,10H2,1-5H3,(H,19,23). The number of fused-ring (bicyclic) bond motifs is 1. The largest absolute Gasteiger partial charge is 0.467 e. The molecular formula is C18H24N2O5. The number of hydrogen-bond acceptors (Lipinski definition) is 5. The second-order valence-corrected chi connectivity index (χ2v) is 6.95. The van der Waals surface area contributed by atoms with Crippen LogP contribution in [0.3, 0.4) is 0 Å². The first kappa shape index (κ1) is 18.8. The van der Waals surface area contributed by atoms with E-state index in [2.05, 4.69) is 5.32 Å². The number of methoxy groups -OCH3 is 1. The van der Waals surface area contributed by atoms with Crippen LogP contribution in [-0.2, 0) is 25.5 Å². The maximum atomic E-state index is 12.9. The van der Waals surface area contributed by atoms with Crippen molar-refractivity contribution in [3.05, 3.63) is 29.8 Å². The minimum absolute atomic E-state index is 0.383. The van der Waals surface area contributed by atoms with Gasteiger partial charge >= 0.3 is 12.1 Å². The van der Waals surface area contributed by atoms with Crippen LogP contribution in [-0.4, -0.2) is 42.8 Å². The number of nitrogens with one attached hydrogen (secondary N) is 1. The number of carbonyl (C=O) groups excluding carboxylic acids is 3. The Morgan fingerprint density at radius 2 is 1.88 bits per heavy atom. The number of rotatable bonds is 3. The molecule has 1 N–H and O–H groups in total. The predicted octanol–water partition coefficient (Wildman–Crippen LogP) is 2.03. The van der Waals surface area contributed by atoms with E-state index in [0.717, 1.165) is 5.56 Å². The molecule has 1 aromatic carbocycles. The molecule has 0 saturated carbocycles. The van der Waals surface area contributed by atoms with Crippen molar-refractivity contribution in [2.24, 2.45) is 0 Å². The Labute approximate surface area is 147 Å². The van der Waals surface area contributed by atoms with Gasteiger partial charge in [0.2, 0.25) is 5.91 Å². The van der Waals surface area contributed by atoms with Gasteiger partial charge in [-0.15, -0.1) is 0 Å². The average Bonchev–Trinajstić information content (AvgIpc) is 2.90. The molecule has 0 bridgehead atoms. The van der Waals surface area contributed by atoms with Gasteiger partial charge in [0.1, 0.15) is 17.7 Å². The summed E-state index contributed by atoms with van der Waals surface area (Å²) >= 11 is 0. The summed E-state index contributed by atoms with van der Waals surface area (Å²) in [6, 6.07) is 5.70. The predicted molar refractivity (Wildman–Crippen MR) is 92.3 cm³/mol. The molecule has 0 aliphatic carbocycles. The van der Waals surface area contributed by atoms with Crippen molar-refractivity contribution in [3.63, 3.8) is 0 Å². The number of alkyl carbamates (subject to hydrolysis) is 1. The van der Waals surface area contributed by atoms with Crippen LogP contribution in [0, 0.1) is 0 Å². The molecular weight excluding hydrogens is 324 g/mol. The van der Waals surface area contributed by atoms with E-state index in [-0.39, 0.29) is 0 Å². The zero-order valence-corrected chi connectivity index (χ0v) is 15.2. The second kappa shape index (κ2) is 7.13. The van der Waals surface area contributed by atoms with Crippen molar-refractivity contribution in [3.8, 4) is 0 Å². The number of para-hydroxylation sites is 1. The van der Waals surface area contributed by atoms with Crippen molar-refractivity contribution < 1.29 is 23.9 Å². The molecule has 2 amide bonds. The Morgan fingerprint density at radius 1 is 1.24 bits per heavy atom. The third-order valence-electron chi connectivity index (χ3n) is 3.79. The van der Waals surface area contributed by atoms with E-state index in [4.69, 9.17) is 9.47 Å². The maximum Gasteiger partial charge on any atom is 0.408 e. The second-order valence-electron chi connectivity index (χ2n) is 6.95. The summed E-state index contributed by atoms with van der Waals surface area (Å²) in [5.41, 5.74) is 0.873. The normalized spacial score (nSPS) is 17.5. The van der Waals surface area contributed by atoms with Gasteiger partial charge < -0.3 is 14.8 Å². The summed E-state index contributed by atoms with van der Waals surface area (Å²) in [5.74, 6) is -0.889. The van der Waals surface area contributed by atoms with Gasteiger partial charge in [-0.1, -0.05) is 18.2 Å². The van der Waals surface area contributed by atoms with E-state index >= 15 is 0 Å². The van der Waals surface area contributed by atoms with Gasteiger partial charge in [0.25, 0.3) is 0 Å². The Kier molecular flexibility index (Phi) is 5.35. The van der Waals surface area contributed by atoms with Gasteiger partial charge in [0.05, 0.1) is 7.11 Å². The van der Waals surface area contributed by atoms with Gasteiger partial charge in [-0.3, -0.25) is 9.69 Å². The maximum absolute atomic E-state index is 12.9. The van der Waals surface area contributed by atoms with E-state index in [1.807, 2.05) is 12.1 Å². The van der Waals surface area contributed by atoms with Crippen LogP contribution in [0.5, 0.6) is 0 Å². The van der Waals surface area contributed by atoms with Crippen LogP contribution in [0.15, 0.2) is 24.3 Å². The van der Waals surface area contributed by atoms with Crippen molar-refractivity contribution in [2.75, 3.05) is 12.0 Å². The molecule has 2 rings (SSSR count). The van der Waals surface area contributed by atoms with E-state index in [1.54, 1.807) is 39.8 Å². The molecule has 1 heterocycles. The molecule has 2 atom stereocenters. The van der Waals surface area contributed by atoms with E-state index in [1.165, 1.54) is 12.0 Å². The zero-order chi connectivity index (χ0) is 18.8.